The lowest BCUT2D eigenvalue weighted by atomic mass is 10.1. The second-order valence-electron chi connectivity index (χ2n) is 5.96. The third-order valence-electron chi connectivity index (χ3n) is 3.96. The molecule has 2 amide bonds. The van der Waals surface area contributed by atoms with Gasteiger partial charge in [-0.05, 0) is 55.8 Å². The molecule has 2 rings (SSSR count). The van der Waals surface area contributed by atoms with Crippen molar-refractivity contribution in [3.05, 3.63) is 63.0 Å². The minimum absolute atomic E-state index is 0.137. The summed E-state index contributed by atoms with van der Waals surface area (Å²) in [4.78, 5) is 26.6. The highest BCUT2D eigenvalue weighted by molar-refractivity contribution is 9.10. The van der Waals surface area contributed by atoms with Crippen LogP contribution < -0.4 is 10.1 Å². The maximum Gasteiger partial charge on any atom is 0.261 e. The molecule has 0 aromatic heterocycles. The quantitative estimate of drug-likeness (QED) is 0.596. The standard InChI is InChI=1S/C20H22Br2N2O3/c1-3-23-20(26)14(2)24(12-15-4-6-16(21)7-5-15)19(25)13-27-18-10-8-17(22)9-11-18/h4-11,14H,3,12-13H2,1-2H3,(H,23,26). The van der Waals surface area contributed by atoms with E-state index in [1.807, 2.05) is 43.3 Å². The van der Waals surface area contributed by atoms with Crippen LogP contribution in [0.15, 0.2) is 57.5 Å². The molecule has 27 heavy (non-hydrogen) atoms. The first-order valence-corrected chi connectivity index (χ1v) is 10.2. The number of ether oxygens (including phenoxy) is 1. The number of hydrogen-bond donors (Lipinski definition) is 1. The number of benzene rings is 2. The number of hydrogen-bond acceptors (Lipinski definition) is 3. The zero-order valence-corrected chi connectivity index (χ0v) is 18.4. The topological polar surface area (TPSA) is 58.6 Å². The van der Waals surface area contributed by atoms with Gasteiger partial charge in [0.15, 0.2) is 6.61 Å². The molecule has 0 spiro atoms. The van der Waals surface area contributed by atoms with Crippen LogP contribution >= 0.6 is 31.9 Å². The van der Waals surface area contributed by atoms with Crippen molar-refractivity contribution in [3.8, 4) is 5.75 Å². The largest absolute Gasteiger partial charge is 0.484 e. The summed E-state index contributed by atoms with van der Waals surface area (Å²) in [5, 5.41) is 2.77. The van der Waals surface area contributed by atoms with Crippen molar-refractivity contribution in [3.63, 3.8) is 0 Å². The molecule has 0 radical (unpaired) electrons. The second kappa shape index (κ2) is 10.5. The molecule has 2 aromatic rings. The molecule has 0 heterocycles. The molecule has 0 aliphatic carbocycles. The Kier molecular flexibility index (Phi) is 8.31. The SMILES string of the molecule is CCNC(=O)C(C)N(Cc1ccc(Br)cc1)C(=O)COc1ccc(Br)cc1. The second-order valence-corrected chi connectivity index (χ2v) is 7.79. The molecule has 7 heteroatoms. The van der Waals surface area contributed by atoms with Crippen LogP contribution in [-0.4, -0.2) is 35.9 Å². The number of rotatable bonds is 8. The average molecular weight is 498 g/mol. The summed E-state index contributed by atoms with van der Waals surface area (Å²) in [6.07, 6.45) is 0. The molecule has 144 valence electrons. The van der Waals surface area contributed by atoms with Crippen LogP contribution in [0.4, 0.5) is 0 Å². The van der Waals surface area contributed by atoms with Gasteiger partial charge >= 0.3 is 0 Å². The first-order valence-electron chi connectivity index (χ1n) is 8.60. The summed E-state index contributed by atoms with van der Waals surface area (Å²) in [5.41, 5.74) is 0.936. The Balaban J connectivity index is 2.11. The molecule has 0 saturated carbocycles. The Morgan fingerprint density at radius 3 is 2.15 bits per heavy atom. The summed E-state index contributed by atoms with van der Waals surface area (Å²) in [5.74, 6) is 0.159. The molecule has 1 N–H and O–H groups in total. The van der Waals surface area contributed by atoms with Crippen LogP contribution in [0.5, 0.6) is 5.75 Å². The Morgan fingerprint density at radius 1 is 1.04 bits per heavy atom. The molecule has 2 aromatic carbocycles. The first-order chi connectivity index (χ1) is 12.9. The van der Waals surface area contributed by atoms with Crippen molar-refractivity contribution in [2.24, 2.45) is 0 Å². The highest BCUT2D eigenvalue weighted by Crippen LogP contribution is 2.17. The zero-order valence-electron chi connectivity index (χ0n) is 15.2. The number of carbonyl (C=O) groups is 2. The minimum atomic E-state index is -0.602. The van der Waals surface area contributed by atoms with Crippen LogP contribution in [-0.2, 0) is 16.1 Å². The molecular weight excluding hydrogens is 476 g/mol. The lowest BCUT2D eigenvalue weighted by Crippen LogP contribution is -2.49. The van der Waals surface area contributed by atoms with Crippen molar-refractivity contribution >= 4 is 43.7 Å². The van der Waals surface area contributed by atoms with Crippen LogP contribution in [0, 0.1) is 0 Å². The number of amides is 2. The number of nitrogens with one attached hydrogen (secondary N) is 1. The molecule has 0 bridgehead atoms. The summed E-state index contributed by atoms with van der Waals surface area (Å²) < 4.78 is 7.49. The van der Waals surface area contributed by atoms with Gasteiger partial charge in [0.05, 0.1) is 0 Å². The van der Waals surface area contributed by atoms with Gasteiger partial charge in [-0.25, -0.2) is 0 Å². The van der Waals surface area contributed by atoms with Gasteiger partial charge in [0.2, 0.25) is 5.91 Å². The fraction of sp³-hybridized carbons (Fsp3) is 0.300. The van der Waals surface area contributed by atoms with Crippen LogP contribution in [0.3, 0.4) is 0 Å². The number of nitrogens with zero attached hydrogens (tertiary/aromatic N) is 1. The van der Waals surface area contributed by atoms with E-state index in [9.17, 15) is 9.59 Å². The molecule has 0 fully saturated rings. The van der Waals surface area contributed by atoms with Gasteiger partial charge in [0.25, 0.3) is 5.91 Å². The molecule has 5 nitrogen and oxygen atoms in total. The van der Waals surface area contributed by atoms with E-state index in [1.165, 1.54) is 4.90 Å². The van der Waals surface area contributed by atoms with Gasteiger partial charge in [0, 0.05) is 22.0 Å². The highest BCUT2D eigenvalue weighted by Gasteiger charge is 2.26. The molecule has 0 saturated heterocycles. The average Bonchev–Trinajstić information content (AvgIpc) is 2.66. The maximum atomic E-state index is 12.8. The predicted molar refractivity (Wildman–Crippen MR) is 112 cm³/mol. The molecule has 0 aliphatic heterocycles. The maximum absolute atomic E-state index is 12.8. The highest BCUT2D eigenvalue weighted by atomic mass is 79.9. The summed E-state index contributed by atoms with van der Waals surface area (Å²) >= 11 is 6.76. The van der Waals surface area contributed by atoms with E-state index in [0.717, 1.165) is 14.5 Å². The van der Waals surface area contributed by atoms with E-state index in [0.29, 0.717) is 18.8 Å². The van der Waals surface area contributed by atoms with Crippen molar-refractivity contribution < 1.29 is 14.3 Å². The Labute approximate surface area is 176 Å². The lowest BCUT2D eigenvalue weighted by Gasteiger charge is -2.28. The van der Waals surface area contributed by atoms with Crippen LogP contribution in [0.25, 0.3) is 0 Å². The monoisotopic (exact) mass is 496 g/mol. The first kappa shape index (κ1) is 21.4. The third kappa shape index (κ3) is 6.66. The van der Waals surface area contributed by atoms with E-state index >= 15 is 0 Å². The third-order valence-corrected chi connectivity index (χ3v) is 5.02. The summed E-state index contributed by atoms with van der Waals surface area (Å²) in [6.45, 7) is 4.28. The van der Waals surface area contributed by atoms with E-state index in [-0.39, 0.29) is 18.4 Å². The molecule has 1 unspecified atom stereocenters. The van der Waals surface area contributed by atoms with Gasteiger partial charge in [-0.2, -0.15) is 0 Å². The number of carbonyl (C=O) groups excluding carboxylic acids is 2. The lowest BCUT2D eigenvalue weighted by molar-refractivity contribution is -0.142. The van der Waals surface area contributed by atoms with Crippen molar-refractivity contribution in [2.45, 2.75) is 26.4 Å². The molecular formula is C20H22Br2N2O3. The van der Waals surface area contributed by atoms with Crippen LogP contribution in [0.2, 0.25) is 0 Å². The van der Waals surface area contributed by atoms with Crippen molar-refractivity contribution in [1.29, 1.82) is 0 Å². The van der Waals surface area contributed by atoms with E-state index in [1.54, 1.807) is 19.1 Å². The molecule has 1 atom stereocenters. The van der Waals surface area contributed by atoms with Crippen molar-refractivity contribution in [1.82, 2.24) is 10.2 Å². The molecule has 0 aliphatic rings. The smallest absolute Gasteiger partial charge is 0.261 e. The van der Waals surface area contributed by atoms with E-state index in [4.69, 9.17) is 4.74 Å². The Hall–Kier alpha value is -1.86. The van der Waals surface area contributed by atoms with Gasteiger partial charge in [0.1, 0.15) is 11.8 Å². The summed E-state index contributed by atoms with van der Waals surface area (Å²) in [6, 6.07) is 14.3. The van der Waals surface area contributed by atoms with E-state index < -0.39 is 6.04 Å². The van der Waals surface area contributed by atoms with Gasteiger partial charge in [-0.3, -0.25) is 9.59 Å². The normalized spacial score (nSPS) is 11.6. The van der Waals surface area contributed by atoms with Gasteiger partial charge < -0.3 is 15.0 Å². The van der Waals surface area contributed by atoms with E-state index in [2.05, 4.69) is 37.2 Å². The zero-order chi connectivity index (χ0) is 19.8. The Morgan fingerprint density at radius 2 is 1.59 bits per heavy atom. The number of likely N-dealkylation sites (N-methyl/N-ethyl adjacent to an activating group) is 1. The Bertz CT molecular complexity index is 764. The number of halogens is 2. The van der Waals surface area contributed by atoms with Crippen LogP contribution in [0.1, 0.15) is 19.4 Å². The summed E-state index contributed by atoms with van der Waals surface area (Å²) in [7, 11) is 0. The fourth-order valence-electron chi connectivity index (χ4n) is 2.45. The predicted octanol–water partition coefficient (Wildman–Crippen LogP) is 4.14. The van der Waals surface area contributed by atoms with Crippen molar-refractivity contribution in [2.75, 3.05) is 13.2 Å². The van der Waals surface area contributed by atoms with Gasteiger partial charge in [-0.1, -0.05) is 44.0 Å². The fourth-order valence-corrected chi connectivity index (χ4v) is 2.98. The van der Waals surface area contributed by atoms with Gasteiger partial charge in [-0.15, -0.1) is 0 Å². The minimum Gasteiger partial charge on any atom is -0.484 e.